The van der Waals surface area contributed by atoms with Gasteiger partial charge in [-0.05, 0) is 19.4 Å². The second-order valence-electron chi connectivity index (χ2n) is 5.85. The van der Waals surface area contributed by atoms with Crippen LogP contribution in [0.1, 0.15) is 26.7 Å². The summed E-state index contributed by atoms with van der Waals surface area (Å²) in [6.07, 6.45) is 2.54. The third-order valence-corrected chi connectivity index (χ3v) is 5.17. The fourth-order valence-corrected chi connectivity index (χ4v) is 4.21. The summed E-state index contributed by atoms with van der Waals surface area (Å²) >= 11 is 2.11. The second-order valence-corrected chi connectivity index (χ2v) is 7.40. The molecule has 1 N–H and O–H groups in total. The molecule has 0 aliphatic carbocycles. The molecular formula is C14H28N2OS. The van der Waals surface area contributed by atoms with Crippen molar-refractivity contribution in [3.63, 3.8) is 0 Å². The molecule has 2 heterocycles. The maximum Gasteiger partial charge on any atom is 0.0546 e. The van der Waals surface area contributed by atoms with Gasteiger partial charge in [-0.3, -0.25) is 0 Å². The van der Waals surface area contributed by atoms with Crippen molar-refractivity contribution in [2.45, 2.75) is 31.9 Å². The third kappa shape index (κ3) is 4.12. The number of hydrogen-bond acceptors (Lipinski definition) is 4. The first-order valence-electron chi connectivity index (χ1n) is 7.36. The lowest BCUT2D eigenvalue weighted by molar-refractivity contribution is -0.0253. The van der Waals surface area contributed by atoms with Crippen LogP contribution < -0.4 is 5.32 Å². The fraction of sp³-hybridized carbons (Fsp3) is 1.00. The van der Waals surface area contributed by atoms with E-state index >= 15 is 0 Å². The van der Waals surface area contributed by atoms with E-state index in [0.717, 1.165) is 31.6 Å². The van der Waals surface area contributed by atoms with Crippen LogP contribution in [0.25, 0.3) is 0 Å². The summed E-state index contributed by atoms with van der Waals surface area (Å²) in [5.74, 6) is 1.29. The minimum atomic E-state index is 0.357. The Bertz CT molecular complexity index is 244. The Morgan fingerprint density at radius 3 is 3.06 bits per heavy atom. The molecule has 4 heteroatoms. The Hall–Kier alpha value is 0.230. The smallest absolute Gasteiger partial charge is 0.0546 e. The van der Waals surface area contributed by atoms with Gasteiger partial charge in [-0.2, -0.15) is 11.8 Å². The summed E-state index contributed by atoms with van der Waals surface area (Å²) in [6.45, 7) is 12.3. The molecule has 3 nitrogen and oxygen atoms in total. The molecule has 2 atom stereocenters. The zero-order valence-corrected chi connectivity index (χ0v) is 12.7. The molecule has 18 heavy (non-hydrogen) atoms. The lowest BCUT2D eigenvalue weighted by atomic mass is 9.81. The van der Waals surface area contributed by atoms with Crippen molar-refractivity contribution in [1.82, 2.24) is 10.2 Å². The number of rotatable bonds is 5. The Kier molecular flexibility index (Phi) is 5.80. The van der Waals surface area contributed by atoms with Crippen LogP contribution in [0, 0.1) is 5.41 Å². The maximum absolute atomic E-state index is 5.78. The number of nitrogens with zero attached hydrogens (tertiary/aromatic N) is 1. The Labute approximate surface area is 116 Å². The molecule has 0 amide bonds. The van der Waals surface area contributed by atoms with E-state index in [1.54, 1.807) is 0 Å². The van der Waals surface area contributed by atoms with Gasteiger partial charge in [-0.25, -0.2) is 0 Å². The molecule has 2 unspecified atom stereocenters. The quantitative estimate of drug-likeness (QED) is 0.825. The van der Waals surface area contributed by atoms with Gasteiger partial charge in [0.05, 0.1) is 6.61 Å². The fourth-order valence-electron chi connectivity index (χ4n) is 3.13. The predicted octanol–water partition coefficient (Wildman–Crippen LogP) is 1.83. The number of nitrogens with one attached hydrogen (secondary N) is 1. The van der Waals surface area contributed by atoms with E-state index in [-0.39, 0.29) is 0 Å². The second kappa shape index (κ2) is 7.13. The van der Waals surface area contributed by atoms with Gasteiger partial charge >= 0.3 is 0 Å². The standard InChI is InChI=1S/C14H28N2OS/c1-3-15-10-14(5-4-7-17-12-14)11-16-6-8-18-13(2)9-16/h13,15H,3-12H2,1-2H3. The predicted molar refractivity (Wildman–Crippen MR) is 79.4 cm³/mol. The first-order valence-corrected chi connectivity index (χ1v) is 8.41. The van der Waals surface area contributed by atoms with E-state index in [1.165, 1.54) is 38.2 Å². The van der Waals surface area contributed by atoms with E-state index in [2.05, 4.69) is 35.8 Å². The molecule has 2 saturated heterocycles. The van der Waals surface area contributed by atoms with Crippen molar-refractivity contribution in [3.8, 4) is 0 Å². The minimum absolute atomic E-state index is 0.357. The highest BCUT2D eigenvalue weighted by molar-refractivity contribution is 7.99. The van der Waals surface area contributed by atoms with E-state index in [0.29, 0.717) is 5.41 Å². The number of ether oxygens (including phenoxy) is 1. The molecular weight excluding hydrogens is 244 g/mol. The summed E-state index contributed by atoms with van der Waals surface area (Å²) < 4.78 is 5.78. The van der Waals surface area contributed by atoms with Crippen molar-refractivity contribution >= 4 is 11.8 Å². The van der Waals surface area contributed by atoms with Gasteiger partial charge in [-0.15, -0.1) is 0 Å². The highest BCUT2D eigenvalue weighted by Gasteiger charge is 2.35. The Morgan fingerprint density at radius 1 is 1.50 bits per heavy atom. The van der Waals surface area contributed by atoms with Gasteiger partial charge in [-0.1, -0.05) is 13.8 Å². The van der Waals surface area contributed by atoms with Gasteiger partial charge in [0, 0.05) is 49.2 Å². The topological polar surface area (TPSA) is 24.5 Å². The first kappa shape index (κ1) is 14.6. The molecule has 2 fully saturated rings. The molecule has 0 aromatic heterocycles. The zero-order chi connectivity index (χ0) is 12.8. The van der Waals surface area contributed by atoms with Crippen LogP contribution in [0.15, 0.2) is 0 Å². The van der Waals surface area contributed by atoms with E-state index in [1.807, 2.05) is 0 Å². The monoisotopic (exact) mass is 272 g/mol. The molecule has 0 spiro atoms. The molecule has 2 aliphatic heterocycles. The maximum atomic E-state index is 5.78. The highest BCUT2D eigenvalue weighted by Crippen LogP contribution is 2.31. The van der Waals surface area contributed by atoms with Crippen molar-refractivity contribution in [1.29, 1.82) is 0 Å². The molecule has 0 radical (unpaired) electrons. The van der Waals surface area contributed by atoms with Crippen molar-refractivity contribution in [2.24, 2.45) is 5.41 Å². The average Bonchev–Trinajstić information content (AvgIpc) is 2.38. The van der Waals surface area contributed by atoms with Gasteiger partial charge in [0.15, 0.2) is 0 Å². The van der Waals surface area contributed by atoms with Crippen molar-refractivity contribution in [2.75, 3.05) is 51.7 Å². The van der Waals surface area contributed by atoms with Crippen LogP contribution >= 0.6 is 11.8 Å². The Balaban J connectivity index is 1.91. The molecule has 106 valence electrons. The van der Waals surface area contributed by atoms with Gasteiger partial charge in [0.1, 0.15) is 0 Å². The summed E-state index contributed by atoms with van der Waals surface area (Å²) in [5.41, 5.74) is 0.357. The SMILES string of the molecule is CCNCC1(CN2CCSC(C)C2)CCCOC1. The van der Waals surface area contributed by atoms with Crippen LogP contribution in [0.2, 0.25) is 0 Å². The largest absolute Gasteiger partial charge is 0.381 e. The molecule has 2 aliphatic rings. The van der Waals surface area contributed by atoms with Gasteiger partial charge < -0.3 is 15.0 Å². The van der Waals surface area contributed by atoms with Crippen LogP contribution in [0.4, 0.5) is 0 Å². The van der Waals surface area contributed by atoms with E-state index < -0.39 is 0 Å². The first-order chi connectivity index (χ1) is 8.74. The molecule has 0 bridgehead atoms. The summed E-state index contributed by atoms with van der Waals surface area (Å²) in [4.78, 5) is 2.66. The van der Waals surface area contributed by atoms with Crippen LogP contribution in [0.3, 0.4) is 0 Å². The van der Waals surface area contributed by atoms with E-state index in [4.69, 9.17) is 4.74 Å². The minimum Gasteiger partial charge on any atom is -0.381 e. The molecule has 0 aromatic carbocycles. The average molecular weight is 272 g/mol. The van der Waals surface area contributed by atoms with Crippen molar-refractivity contribution in [3.05, 3.63) is 0 Å². The van der Waals surface area contributed by atoms with Gasteiger partial charge in [0.2, 0.25) is 0 Å². The number of hydrogen-bond donors (Lipinski definition) is 1. The van der Waals surface area contributed by atoms with Crippen LogP contribution in [-0.4, -0.2) is 61.8 Å². The van der Waals surface area contributed by atoms with Crippen LogP contribution in [0.5, 0.6) is 0 Å². The Morgan fingerprint density at radius 2 is 2.39 bits per heavy atom. The summed E-state index contributed by atoms with van der Waals surface area (Å²) in [7, 11) is 0. The normalized spacial score (nSPS) is 34.7. The highest BCUT2D eigenvalue weighted by atomic mass is 32.2. The zero-order valence-electron chi connectivity index (χ0n) is 11.9. The van der Waals surface area contributed by atoms with E-state index in [9.17, 15) is 0 Å². The van der Waals surface area contributed by atoms with Gasteiger partial charge in [0.25, 0.3) is 0 Å². The van der Waals surface area contributed by atoms with Crippen LogP contribution in [-0.2, 0) is 4.74 Å². The lowest BCUT2D eigenvalue weighted by Gasteiger charge is -2.43. The van der Waals surface area contributed by atoms with Crippen molar-refractivity contribution < 1.29 is 4.74 Å². The number of thioether (sulfide) groups is 1. The lowest BCUT2D eigenvalue weighted by Crippen LogP contribution is -2.51. The molecule has 0 saturated carbocycles. The molecule has 2 rings (SSSR count). The summed E-state index contributed by atoms with van der Waals surface area (Å²) in [5, 5.41) is 4.34. The summed E-state index contributed by atoms with van der Waals surface area (Å²) in [6, 6.07) is 0. The molecule has 0 aromatic rings. The third-order valence-electron chi connectivity index (χ3n) is 4.04.